The van der Waals surface area contributed by atoms with E-state index in [1.807, 2.05) is 0 Å². The van der Waals surface area contributed by atoms with Crippen molar-refractivity contribution in [3.63, 3.8) is 0 Å². The van der Waals surface area contributed by atoms with Gasteiger partial charge < -0.3 is 10.8 Å². The molecular formula is C6H10N4O2. The predicted molar refractivity (Wildman–Crippen MR) is 40.3 cm³/mol. The number of rotatable bonds is 3. The van der Waals surface area contributed by atoms with Crippen LogP contribution in [-0.2, 0) is 4.79 Å². The largest absolute Gasteiger partial charge is 0.480 e. The van der Waals surface area contributed by atoms with Crippen molar-refractivity contribution in [1.82, 2.24) is 14.8 Å². The van der Waals surface area contributed by atoms with Crippen molar-refractivity contribution in [3.8, 4) is 0 Å². The number of carboxylic acids is 1. The van der Waals surface area contributed by atoms with E-state index in [1.54, 1.807) is 6.92 Å². The number of nitrogens with two attached hydrogens (primary N) is 1. The Morgan fingerprint density at radius 3 is 2.83 bits per heavy atom. The Labute approximate surface area is 69.0 Å². The molecule has 0 aromatic carbocycles. The van der Waals surface area contributed by atoms with Crippen LogP contribution in [0.3, 0.4) is 0 Å². The molecule has 6 heteroatoms. The molecule has 12 heavy (non-hydrogen) atoms. The number of carbonyl (C=O) groups is 1. The maximum absolute atomic E-state index is 10.4. The van der Waals surface area contributed by atoms with Crippen LogP contribution in [0.1, 0.15) is 13.0 Å². The molecule has 66 valence electrons. The lowest BCUT2D eigenvalue weighted by atomic mass is 10.2. The summed E-state index contributed by atoms with van der Waals surface area (Å²) in [6, 6.07) is -1.34. The van der Waals surface area contributed by atoms with Crippen LogP contribution < -0.4 is 5.73 Å². The molecule has 0 saturated carbocycles. The molecular weight excluding hydrogens is 160 g/mol. The zero-order chi connectivity index (χ0) is 9.14. The quantitative estimate of drug-likeness (QED) is 0.622. The van der Waals surface area contributed by atoms with E-state index in [4.69, 9.17) is 10.8 Å². The zero-order valence-corrected chi connectivity index (χ0v) is 6.58. The maximum atomic E-state index is 10.4. The van der Waals surface area contributed by atoms with E-state index in [0.717, 1.165) is 0 Å². The number of hydrogen-bond donors (Lipinski definition) is 2. The summed E-state index contributed by atoms with van der Waals surface area (Å²) in [4.78, 5) is 14.1. The summed E-state index contributed by atoms with van der Waals surface area (Å²) in [5, 5.41) is 12.3. The van der Waals surface area contributed by atoms with Gasteiger partial charge in [0, 0.05) is 0 Å². The molecule has 0 bridgehead atoms. The molecule has 0 saturated heterocycles. The van der Waals surface area contributed by atoms with Gasteiger partial charge in [-0.3, -0.25) is 4.79 Å². The molecule has 6 nitrogen and oxygen atoms in total. The third-order valence-electron chi connectivity index (χ3n) is 1.66. The minimum atomic E-state index is -1.04. The Kier molecular flexibility index (Phi) is 2.39. The van der Waals surface area contributed by atoms with Crippen LogP contribution in [0.5, 0.6) is 0 Å². The van der Waals surface area contributed by atoms with Gasteiger partial charge in [0.05, 0.1) is 6.04 Å². The summed E-state index contributed by atoms with van der Waals surface area (Å²) >= 11 is 0. The van der Waals surface area contributed by atoms with Crippen molar-refractivity contribution in [2.75, 3.05) is 0 Å². The monoisotopic (exact) mass is 170 g/mol. The van der Waals surface area contributed by atoms with E-state index in [9.17, 15) is 4.79 Å². The lowest BCUT2D eigenvalue weighted by Crippen LogP contribution is -2.38. The summed E-state index contributed by atoms with van der Waals surface area (Å²) in [6.07, 6.45) is 2.78. The summed E-state index contributed by atoms with van der Waals surface area (Å²) < 4.78 is 1.42. The zero-order valence-electron chi connectivity index (χ0n) is 6.58. The molecule has 0 radical (unpaired) electrons. The van der Waals surface area contributed by atoms with Crippen LogP contribution in [0.4, 0.5) is 0 Å². The summed E-state index contributed by atoms with van der Waals surface area (Å²) in [6.45, 7) is 1.67. The molecule has 3 N–H and O–H groups in total. The van der Waals surface area contributed by atoms with Crippen LogP contribution in [0.15, 0.2) is 12.7 Å². The predicted octanol–water partition coefficient (Wildman–Crippen LogP) is -0.749. The third kappa shape index (κ3) is 1.59. The summed E-state index contributed by atoms with van der Waals surface area (Å²) in [5.74, 6) is -1.04. The molecule has 1 aromatic rings. The molecule has 1 aromatic heterocycles. The molecule has 2 atom stereocenters. The second-order valence-electron chi connectivity index (χ2n) is 2.48. The minimum Gasteiger partial charge on any atom is -0.480 e. The van der Waals surface area contributed by atoms with E-state index in [0.29, 0.717) is 0 Å². The highest BCUT2D eigenvalue weighted by atomic mass is 16.4. The van der Waals surface area contributed by atoms with E-state index >= 15 is 0 Å². The second-order valence-corrected chi connectivity index (χ2v) is 2.48. The Morgan fingerprint density at radius 1 is 1.75 bits per heavy atom. The lowest BCUT2D eigenvalue weighted by molar-refractivity contribution is -0.139. The smallest absolute Gasteiger partial charge is 0.322 e. The normalized spacial score (nSPS) is 15.5. The standard InChI is InChI=1S/C6H10N4O2/c1-4(5(7)6(11)12)10-3-8-2-9-10/h2-5H,7H2,1H3,(H,11,12). The average molecular weight is 170 g/mol. The first-order valence-electron chi connectivity index (χ1n) is 3.45. The molecule has 0 aliphatic carbocycles. The number of nitrogens with zero attached hydrogens (tertiary/aromatic N) is 3. The van der Waals surface area contributed by atoms with Gasteiger partial charge in [-0.2, -0.15) is 5.10 Å². The minimum absolute atomic E-state index is 0.384. The fourth-order valence-corrected chi connectivity index (χ4v) is 0.799. The fourth-order valence-electron chi connectivity index (χ4n) is 0.799. The third-order valence-corrected chi connectivity index (χ3v) is 1.66. The molecule has 0 aliphatic heterocycles. The van der Waals surface area contributed by atoms with Gasteiger partial charge in [-0.25, -0.2) is 9.67 Å². The van der Waals surface area contributed by atoms with Crippen molar-refractivity contribution in [2.45, 2.75) is 19.0 Å². The van der Waals surface area contributed by atoms with E-state index in [1.165, 1.54) is 17.3 Å². The lowest BCUT2D eigenvalue weighted by Gasteiger charge is -2.14. The van der Waals surface area contributed by atoms with Gasteiger partial charge in [0.1, 0.15) is 18.7 Å². The van der Waals surface area contributed by atoms with Gasteiger partial charge in [0.15, 0.2) is 0 Å². The highest BCUT2D eigenvalue weighted by Crippen LogP contribution is 2.05. The molecule has 0 aliphatic rings. The highest BCUT2D eigenvalue weighted by Gasteiger charge is 2.21. The summed E-state index contributed by atoms with van der Waals surface area (Å²) in [5.41, 5.74) is 5.36. The first-order chi connectivity index (χ1) is 5.63. The van der Waals surface area contributed by atoms with Crippen molar-refractivity contribution in [3.05, 3.63) is 12.7 Å². The van der Waals surface area contributed by atoms with Crippen LogP contribution in [0.25, 0.3) is 0 Å². The Morgan fingerprint density at radius 2 is 2.42 bits per heavy atom. The fraction of sp³-hybridized carbons (Fsp3) is 0.500. The number of carboxylic acid groups (broad SMARTS) is 1. The van der Waals surface area contributed by atoms with Crippen LogP contribution in [-0.4, -0.2) is 31.9 Å². The molecule has 1 rings (SSSR count). The van der Waals surface area contributed by atoms with E-state index < -0.39 is 12.0 Å². The molecule has 0 spiro atoms. The van der Waals surface area contributed by atoms with Crippen LogP contribution >= 0.6 is 0 Å². The Bertz CT molecular complexity index is 259. The molecule has 0 amide bonds. The maximum Gasteiger partial charge on any atom is 0.322 e. The topological polar surface area (TPSA) is 94.0 Å². The average Bonchev–Trinajstić information content (AvgIpc) is 2.53. The first-order valence-corrected chi connectivity index (χ1v) is 3.45. The van der Waals surface area contributed by atoms with E-state index in [-0.39, 0.29) is 6.04 Å². The summed E-state index contributed by atoms with van der Waals surface area (Å²) in [7, 11) is 0. The van der Waals surface area contributed by atoms with Crippen molar-refractivity contribution in [1.29, 1.82) is 0 Å². The number of hydrogen-bond acceptors (Lipinski definition) is 4. The van der Waals surface area contributed by atoms with Gasteiger partial charge in [-0.15, -0.1) is 0 Å². The number of aliphatic carboxylic acids is 1. The first kappa shape index (κ1) is 8.66. The Balaban J connectivity index is 2.71. The van der Waals surface area contributed by atoms with Crippen molar-refractivity contribution < 1.29 is 9.90 Å². The van der Waals surface area contributed by atoms with E-state index in [2.05, 4.69) is 10.1 Å². The molecule has 1 heterocycles. The van der Waals surface area contributed by atoms with Crippen molar-refractivity contribution >= 4 is 5.97 Å². The second kappa shape index (κ2) is 3.31. The SMILES string of the molecule is CC(C(N)C(=O)O)n1cncn1. The Hall–Kier alpha value is -1.43. The van der Waals surface area contributed by atoms with Gasteiger partial charge in [-0.05, 0) is 6.92 Å². The van der Waals surface area contributed by atoms with Crippen LogP contribution in [0.2, 0.25) is 0 Å². The molecule has 2 unspecified atom stereocenters. The van der Waals surface area contributed by atoms with Gasteiger partial charge >= 0.3 is 5.97 Å². The van der Waals surface area contributed by atoms with Gasteiger partial charge in [-0.1, -0.05) is 0 Å². The molecule has 0 fully saturated rings. The van der Waals surface area contributed by atoms with Crippen molar-refractivity contribution in [2.24, 2.45) is 5.73 Å². The number of aromatic nitrogens is 3. The van der Waals surface area contributed by atoms with Crippen LogP contribution in [0, 0.1) is 0 Å². The van der Waals surface area contributed by atoms with Gasteiger partial charge in [0.2, 0.25) is 0 Å². The highest BCUT2D eigenvalue weighted by molar-refractivity contribution is 5.73. The van der Waals surface area contributed by atoms with Gasteiger partial charge in [0.25, 0.3) is 0 Å².